The van der Waals surface area contributed by atoms with E-state index >= 15 is 0 Å². The zero-order valence-corrected chi connectivity index (χ0v) is 34.2. The molecule has 1 unspecified atom stereocenters. The molecule has 0 heterocycles. The lowest BCUT2D eigenvalue weighted by molar-refractivity contribution is -0.161. The molecule has 0 radical (unpaired) electrons. The minimum Gasteiger partial charge on any atom is -0.480 e. The van der Waals surface area contributed by atoms with E-state index < -0.39 is 51.1 Å². The second-order valence-corrected chi connectivity index (χ2v) is 14.9. The van der Waals surface area contributed by atoms with Crippen LogP contribution in [0.5, 0.6) is 0 Å². The molecule has 0 amide bonds. The van der Waals surface area contributed by atoms with Crippen LogP contribution in [-0.4, -0.2) is 59.9 Å². The minimum atomic E-state index is -4.73. The molecule has 310 valence electrons. The van der Waals surface area contributed by atoms with Crippen molar-refractivity contribution in [3.8, 4) is 0 Å². The standard InChI is InChI=1S/C42H72NO10P/c1-3-5-7-9-11-13-15-16-17-18-19-20-21-22-24-25-27-29-31-33-40(44)50-35-38(36-51-54(48,49)52-37-39(43)42(46)47)53-41(45)34-32-30-28-26-23-14-12-10-8-6-4-2/h11,13,16-17,19-20,22,24,27,29,38-39H,3-10,12,14-15,18,21,23,25-26,28,30-37,43H2,1-2H3,(H,46,47)(H,48,49)/b13-11+,17-16+,20-19+,24-22+,29-27+/t38-,39+/m0/s1. The highest BCUT2D eigenvalue weighted by molar-refractivity contribution is 7.47. The van der Waals surface area contributed by atoms with Gasteiger partial charge in [-0.2, -0.15) is 0 Å². The summed E-state index contributed by atoms with van der Waals surface area (Å²) in [6.07, 6.45) is 41.6. The van der Waals surface area contributed by atoms with Crippen LogP contribution >= 0.6 is 7.82 Å². The predicted molar refractivity (Wildman–Crippen MR) is 217 cm³/mol. The molecule has 0 saturated carbocycles. The van der Waals surface area contributed by atoms with Crippen LogP contribution in [0, 0.1) is 0 Å². The summed E-state index contributed by atoms with van der Waals surface area (Å²) in [6, 6.07) is -1.53. The highest BCUT2D eigenvalue weighted by Gasteiger charge is 2.28. The number of ether oxygens (including phenoxy) is 2. The maximum absolute atomic E-state index is 12.5. The summed E-state index contributed by atoms with van der Waals surface area (Å²) in [7, 11) is -4.73. The molecule has 0 fully saturated rings. The molecule has 0 aromatic rings. The van der Waals surface area contributed by atoms with Gasteiger partial charge in [-0.3, -0.25) is 23.4 Å². The number of carbonyl (C=O) groups is 3. The molecule has 11 nitrogen and oxygen atoms in total. The average molecular weight is 782 g/mol. The first-order chi connectivity index (χ1) is 26.1. The van der Waals surface area contributed by atoms with Crippen molar-refractivity contribution in [3.63, 3.8) is 0 Å². The lowest BCUT2D eigenvalue weighted by atomic mass is 10.1. The molecular formula is C42H72NO10P. The Bertz CT molecular complexity index is 1150. The number of carboxylic acid groups (broad SMARTS) is 1. The van der Waals surface area contributed by atoms with Crippen LogP contribution in [0.2, 0.25) is 0 Å². The Balaban J connectivity index is 4.51. The van der Waals surface area contributed by atoms with E-state index in [0.717, 1.165) is 44.9 Å². The molecule has 0 rings (SSSR count). The molecule has 0 aromatic heterocycles. The first kappa shape index (κ1) is 51.2. The fourth-order valence-corrected chi connectivity index (χ4v) is 5.82. The van der Waals surface area contributed by atoms with Gasteiger partial charge in [-0.25, -0.2) is 4.57 Å². The van der Waals surface area contributed by atoms with Gasteiger partial charge in [-0.1, -0.05) is 152 Å². The summed E-state index contributed by atoms with van der Waals surface area (Å²) in [5.74, 6) is -2.49. The predicted octanol–water partition coefficient (Wildman–Crippen LogP) is 10.4. The number of esters is 2. The van der Waals surface area contributed by atoms with E-state index in [-0.39, 0.29) is 19.4 Å². The van der Waals surface area contributed by atoms with Crippen molar-refractivity contribution in [3.05, 3.63) is 60.8 Å². The number of phosphoric acid groups is 1. The number of carboxylic acids is 1. The Hall–Kier alpha value is -2.82. The third-order valence-corrected chi connectivity index (χ3v) is 9.23. The van der Waals surface area contributed by atoms with E-state index in [0.29, 0.717) is 12.8 Å². The van der Waals surface area contributed by atoms with Crippen LogP contribution in [0.25, 0.3) is 0 Å². The zero-order valence-electron chi connectivity index (χ0n) is 33.3. The van der Waals surface area contributed by atoms with E-state index in [2.05, 4.69) is 67.0 Å². The normalized spacial score (nSPS) is 14.4. The Morgan fingerprint density at radius 2 is 1.02 bits per heavy atom. The number of nitrogens with two attached hydrogens (primary N) is 1. The van der Waals surface area contributed by atoms with Gasteiger partial charge in [0.05, 0.1) is 13.2 Å². The van der Waals surface area contributed by atoms with Gasteiger partial charge >= 0.3 is 25.7 Å². The molecule has 0 aromatic carbocycles. The molecule has 0 spiro atoms. The number of aliphatic carboxylic acids is 1. The van der Waals surface area contributed by atoms with Gasteiger partial charge in [0, 0.05) is 12.8 Å². The van der Waals surface area contributed by atoms with Crippen molar-refractivity contribution in [2.24, 2.45) is 5.73 Å². The number of carbonyl (C=O) groups excluding carboxylic acids is 2. The van der Waals surface area contributed by atoms with Gasteiger partial charge in [0.15, 0.2) is 6.10 Å². The van der Waals surface area contributed by atoms with E-state index in [1.54, 1.807) is 0 Å². The maximum atomic E-state index is 12.5. The summed E-state index contributed by atoms with van der Waals surface area (Å²) in [5.41, 5.74) is 5.31. The topological polar surface area (TPSA) is 172 Å². The summed E-state index contributed by atoms with van der Waals surface area (Å²) < 4.78 is 32.5. The summed E-state index contributed by atoms with van der Waals surface area (Å²) in [6.45, 7) is 2.67. The van der Waals surface area contributed by atoms with E-state index in [1.165, 1.54) is 70.6 Å². The van der Waals surface area contributed by atoms with E-state index in [4.69, 9.17) is 24.8 Å². The van der Waals surface area contributed by atoms with Gasteiger partial charge in [-0.15, -0.1) is 0 Å². The first-order valence-electron chi connectivity index (χ1n) is 20.3. The molecular weight excluding hydrogens is 709 g/mol. The Labute approximate surface area is 326 Å². The monoisotopic (exact) mass is 781 g/mol. The highest BCUT2D eigenvalue weighted by atomic mass is 31.2. The van der Waals surface area contributed by atoms with Gasteiger partial charge in [-0.05, 0) is 51.4 Å². The van der Waals surface area contributed by atoms with Crippen molar-refractivity contribution >= 4 is 25.7 Å². The van der Waals surface area contributed by atoms with E-state index in [1.807, 2.05) is 12.2 Å². The zero-order chi connectivity index (χ0) is 40.0. The SMILES string of the molecule is CCCCC/C=C/C/C=C/C/C=C/C/C=C/C/C=C/CCC(=O)OC[C@@H](COP(=O)(O)OC[C@@H](N)C(=O)O)OC(=O)CCCCCCCCCCCCC. The number of hydrogen-bond donors (Lipinski definition) is 3. The van der Waals surface area contributed by atoms with Crippen LogP contribution < -0.4 is 5.73 Å². The van der Waals surface area contributed by atoms with Gasteiger partial charge in [0.1, 0.15) is 12.6 Å². The number of allylic oxidation sites excluding steroid dienone is 10. The molecule has 3 atom stereocenters. The van der Waals surface area contributed by atoms with E-state index in [9.17, 15) is 23.8 Å². The number of hydrogen-bond acceptors (Lipinski definition) is 9. The van der Waals surface area contributed by atoms with Crippen LogP contribution in [0.15, 0.2) is 60.8 Å². The van der Waals surface area contributed by atoms with Gasteiger partial charge in [0.25, 0.3) is 0 Å². The molecule has 12 heteroatoms. The first-order valence-corrected chi connectivity index (χ1v) is 21.8. The van der Waals surface area contributed by atoms with Gasteiger partial charge in [0.2, 0.25) is 0 Å². The van der Waals surface area contributed by atoms with Crippen molar-refractivity contribution in [2.45, 2.75) is 167 Å². The van der Waals surface area contributed by atoms with Crippen LogP contribution in [0.4, 0.5) is 0 Å². The van der Waals surface area contributed by atoms with Crippen LogP contribution in [0.1, 0.15) is 155 Å². The lowest BCUT2D eigenvalue weighted by Gasteiger charge is -2.20. The lowest BCUT2D eigenvalue weighted by Crippen LogP contribution is -2.34. The summed E-state index contributed by atoms with van der Waals surface area (Å²) in [5, 5.41) is 8.86. The van der Waals surface area contributed by atoms with Gasteiger partial charge < -0.3 is 25.2 Å². The maximum Gasteiger partial charge on any atom is 0.472 e. The number of rotatable bonds is 37. The van der Waals surface area contributed by atoms with Crippen LogP contribution in [-0.2, 0) is 37.5 Å². The van der Waals surface area contributed by atoms with Crippen molar-refractivity contribution in [1.29, 1.82) is 0 Å². The smallest absolute Gasteiger partial charge is 0.472 e. The fourth-order valence-electron chi connectivity index (χ4n) is 5.05. The summed E-state index contributed by atoms with van der Waals surface area (Å²) in [4.78, 5) is 45.7. The third kappa shape index (κ3) is 36.2. The third-order valence-electron chi connectivity index (χ3n) is 8.28. The molecule has 0 bridgehead atoms. The molecule has 0 aliphatic rings. The largest absolute Gasteiger partial charge is 0.480 e. The van der Waals surface area contributed by atoms with Crippen LogP contribution in [0.3, 0.4) is 0 Å². The molecule has 0 aliphatic carbocycles. The molecule has 0 saturated heterocycles. The Kier molecular flexibility index (Phi) is 35.2. The second-order valence-electron chi connectivity index (χ2n) is 13.4. The minimum absolute atomic E-state index is 0.0973. The Morgan fingerprint density at radius 1 is 0.574 bits per heavy atom. The van der Waals surface area contributed by atoms with Crippen molar-refractivity contribution < 1.29 is 47.5 Å². The summed E-state index contributed by atoms with van der Waals surface area (Å²) >= 11 is 0. The van der Waals surface area contributed by atoms with Crippen molar-refractivity contribution in [2.75, 3.05) is 19.8 Å². The molecule has 4 N–H and O–H groups in total. The fraction of sp³-hybridized carbons (Fsp3) is 0.690. The second kappa shape index (κ2) is 37.1. The number of unbranched alkanes of at least 4 members (excludes halogenated alkanes) is 13. The Morgan fingerprint density at radius 3 is 1.54 bits per heavy atom. The highest BCUT2D eigenvalue weighted by Crippen LogP contribution is 2.43. The molecule has 0 aliphatic heterocycles. The quantitative estimate of drug-likeness (QED) is 0.0237. The molecule has 54 heavy (non-hydrogen) atoms. The number of phosphoric ester groups is 1. The van der Waals surface area contributed by atoms with Crippen molar-refractivity contribution in [1.82, 2.24) is 0 Å². The average Bonchev–Trinajstić information content (AvgIpc) is 3.14.